The summed E-state index contributed by atoms with van der Waals surface area (Å²) in [6.45, 7) is 4.76. The van der Waals surface area contributed by atoms with Crippen molar-refractivity contribution in [2.75, 3.05) is 38.5 Å². The number of halogens is 1. The van der Waals surface area contributed by atoms with Crippen LogP contribution < -0.4 is 16.4 Å². The van der Waals surface area contributed by atoms with Gasteiger partial charge in [-0.2, -0.15) is 0 Å². The fourth-order valence-corrected chi connectivity index (χ4v) is 3.91. The molecule has 1 aliphatic rings. The molecule has 2 rings (SSSR count). The lowest BCUT2D eigenvalue weighted by Gasteiger charge is -2.14. The Hall–Kier alpha value is -0.260. The van der Waals surface area contributed by atoms with Gasteiger partial charge in [0.1, 0.15) is 0 Å². The third kappa shape index (κ3) is 4.64. The Kier molecular flexibility index (Phi) is 7.17. The van der Waals surface area contributed by atoms with E-state index in [1.165, 1.54) is 16.0 Å². The van der Waals surface area contributed by atoms with E-state index in [2.05, 4.69) is 22.8 Å². The maximum atomic E-state index is 6.40. The molecule has 1 aromatic carbocycles. The molecular weight excluding hydrogens is 290 g/mol. The van der Waals surface area contributed by atoms with Gasteiger partial charge in [-0.3, -0.25) is 0 Å². The molecule has 0 bridgehead atoms. The molecule has 0 amide bonds. The number of nitrogens with one attached hydrogen (secondary N) is 2. The summed E-state index contributed by atoms with van der Waals surface area (Å²) in [6.07, 6.45) is 3.34. The number of benzene rings is 1. The number of hydrogen-bond acceptors (Lipinski definition) is 4. The third-order valence-corrected chi connectivity index (χ3v) is 5.17. The maximum Gasteiger partial charge on any atom is 0.0544 e. The predicted molar refractivity (Wildman–Crippen MR) is 89.0 cm³/mol. The number of fused-ring (bicyclic) bond motifs is 1. The molecule has 3 nitrogen and oxygen atoms in total. The number of nitrogens with two attached hydrogens (primary N) is 1. The highest BCUT2D eigenvalue weighted by Gasteiger charge is 2.14. The Labute approximate surface area is 131 Å². The van der Waals surface area contributed by atoms with Crippen LogP contribution in [0.25, 0.3) is 0 Å². The fraction of sp³-hybridized carbons (Fsp3) is 0.600. The van der Waals surface area contributed by atoms with E-state index >= 15 is 0 Å². The molecule has 20 heavy (non-hydrogen) atoms. The molecule has 0 fully saturated rings. The van der Waals surface area contributed by atoms with Crippen molar-refractivity contribution in [1.29, 1.82) is 0 Å². The van der Waals surface area contributed by atoms with Gasteiger partial charge in [-0.05, 0) is 61.8 Å². The summed E-state index contributed by atoms with van der Waals surface area (Å²) in [5, 5.41) is 7.69. The monoisotopic (exact) mass is 313 g/mol. The van der Waals surface area contributed by atoms with Gasteiger partial charge in [-0.25, -0.2) is 0 Å². The van der Waals surface area contributed by atoms with E-state index in [1.54, 1.807) is 0 Å². The number of rotatable bonds is 7. The van der Waals surface area contributed by atoms with Crippen molar-refractivity contribution in [2.45, 2.75) is 24.2 Å². The topological polar surface area (TPSA) is 50.1 Å². The lowest BCUT2D eigenvalue weighted by molar-refractivity contribution is 0.681. The third-order valence-electron chi connectivity index (χ3n) is 3.50. The van der Waals surface area contributed by atoms with Gasteiger partial charge >= 0.3 is 0 Å². The average Bonchev–Trinajstić information content (AvgIpc) is 2.70. The Bertz CT molecular complexity index is 426. The molecular formula is C15H24ClN3S. The first-order valence-electron chi connectivity index (χ1n) is 7.37. The average molecular weight is 314 g/mol. The Morgan fingerprint density at radius 2 is 2.10 bits per heavy atom. The zero-order valence-corrected chi connectivity index (χ0v) is 13.5. The summed E-state index contributed by atoms with van der Waals surface area (Å²) in [5.74, 6) is 1.10. The van der Waals surface area contributed by atoms with E-state index in [0.717, 1.165) is 56.2 Å². The summed E-state index contributed by atoms with van der Waals surface area (Å²) in [4.78, 5) is 1.30. The minimum Gasteiger partial charge on any atom is -0.329 e. The zero-order valence-electron chi connectivity index (χ0n) is 11.9. The lowest BCUT2D eigenvalue weighted by Crippen LogP contribution is -2.23. The summed E-state index contributed by atoms with van der Waals surface area (Å²) in [6, 6.07) is 4.25. The van der Waals surface area contributed by atoms with Gasteiger partial charge in [0.05, 0.1) is 5.02 Å². The van der Waals surface area contributed by atoms with Crippen molar-refractivity contribution < 1.29 is 0 Å². The highest BCUT2D eigenvalue weighted by molar-refractivity contribution is 7.99. The zero-order chi connectivity index (χ0) is 14.2. The van der Waals surface area contributed by atoms with Crippen LogP contribution in [0.1, 0.15) is 17.5 Å². The molecule has 1 heterocycles. The Morgan fingerprint density at radius 3 is 2.95 bits per heavy atom. The van der Waals surface area contributed by atoms with Crippen LogP contribution in [0.2, 0.25) is 5.02 Å². The molecule has 0 aliphatic carbocycles. The Morgan fingerprint density at radius 1 is 1.25 bits per heavy atom. The number of hydrogen-bond donors (Lipinski definition) is 3. The minimum absolute atomic E-state index is 0.707. The molecule has 0 spiro atoms. The highest BCUT2D eigenvalue weighted by atomic mass is 35.5. The smallest absolute Gasteiger partial charge is 0.0544 e. The van der Waals surface area contributed by atoms with Gasteiger partial charge in [0.15, 0.2) is 0 Å². The summed E-state index contributed by atoms with van der Waals surface area (Å²) in [7, 11) is 0. The first-order chi connectivity index (χ1) is 9.83. The largest absolute Gasteiger partial charge is 0.329 e. The van der Waals surface area contributed by atoms with Crippen molar-refractivity contribution >= 4 is 23.4 Å². The summed E-state index contributed by atoms with van der Waals surface area (Å²) in [5.41, 5.74) is 8.38. The number of thioether (sulfide) groups is 1. The van der Waals surface area contributed by atoms with Gasteiger partial charge in [0.2, 0.25) is 0 Å². The van der Waals surface area contributed by atoms with Crippen LogP contribution in [0.3, 0.4) is 0 Å². The van der Waals surface area contributed by atoms with Gasteiger partial charge in [-0.1, -0.05) is 17.7 Å². The van der Waals surface area contributed by atoms with Crippen LogP contribution in [0.4, 0.5) is 0 Å². The van der Waals surface area contributed by atoms with E-state index in [4.69, 9.17) is 17.3 Å². The van der Waals surface area contributed by atoms with Crippen molar-refractivity contribution in [3.63, 3.8) is 0 Å². The second-order valence-electron chi connectivity index (χ2n) is 5.00. The van der Waals surface area contributed by atoms with Crippen LogP contribution >= 0.6 is 23.4 Å². The highest BCUT2D eigenvalue weighted by Crippen LogP contribution is 2.34. The van der Waals surface area contributed by atoms with Gasteiger partial charge in [-0.15, -0.1) is 11.8 Å². The molecule has 1 aromatic rings. The second-order valence-corrected chi connectivity index (χ2v) is 6.52. The SMILES string of the molecule is NCCNCCCSc1c(Cl)ccc2c1CCNCC2. The van der Waals surface area contributed by atoms with E-state index < -0.39 is 0 Å². The predicted octanol–water partition coefficient (Wildman–Crippen LogP) is 2.06. The summed E-state index contributed by atoms with van der Waals surface area (Å²) < 4.78 is 0. The molecule has 0 aromatic heterocycles. The molecule has 5 heteroatoms. The maximum absolute atomic E-state index is 6.40. The normalized spacial score (nSPS) is 14.9. The van der Waals surface area contributed by atoms with E-state index in [1.807, 2.05) is 11.8 Å². The van der Waals surface area contributed by atoms with Crippen molar-refractivity contribution in [2.24, 2.45) is 5.73 Å². The van der Waals surface area contributed by atoms with E-state index in [9.17, 15) is 0 Å². The quantitative estimate of drug-likeness (QED) is 0.533. The molecule has 1 aliphatic heterocycles. The van der Waals surface area contributed by atoms with Crippen LogP contribution in [0.15, 0.2) is 17.0 Å². The van der Waals surface area contributed by atoms with Gasteiger partial charge < -0.3 is 16.4 Å². The van der Waals surface area contributed by atoms with Crippen LogP contribution in [-0.2, 0) is 12.8 Å². The second kappa shape index (κ2) is 8.90. The van der Waals surface area contributed by atoms with Crippen LogP contribution in [-0.4, -0.2) is 38.5 Å². The van der Waals surface area contributed by atoms with Crippen molar-refractivity contribution in [3.8, 4) is 0 Å². The first kappa shape index (κ1) is 16.1. The van der Waals surface area contributed by atoms with Crippen molar-refractivity contribution in [3.05, 3.63) is 28.3 Å². The molecule has 0 saturated carbocycles. The van der Waals surface area contributed by atoms with Gasteiger partial charge in [0.25, 0.3) is 0 Å². The molecule has 0 radical (unpaired) electrons. The van der Waals surface area contributed by atoms with E-state index in [0.29, 0.717) is 6.54 Å². The van der Waals surface area contributed by atoms with Gasteiger partial charge in [0, 0.05) is 18.0 Å². The lowest BCUT2D eigenvalue weighted by atomic mass is 10.0. The molecule has 0 unspecified atom stereocenters. The first-order valence-corrected chi connectivity index (χ1v) is 8.74. The Balaban J connectivity index is 1.93. The standard InChI is InChI=1S/C15H24ClN3S/c16-14-3-2-12-4-8-19-9-5-13(12)15(14)20-11-1-7-18-10-6-17/h2-3,18-19H,1,4-11,17H2. The molecule has 0 saturated heterocycles. The fourth-order valence-electron chi connectivity index (χ4n) is 2.46. The van der Waals surface area contributed by atoms with Crippen molar-refractivity contribution in [1.82, 2.24) is 10.6 Å². The molecule has 112 valence electrons. The molecule has 4 N–H and O–H groups in total. The van der Waals surface area contributed by atoms with Crippen LogP contribution in [0, 0.1) is 0 Å². The van der Waals surface area contributed by atoms with Crippen LogP contribution in [0.5, 0.6) is 0 Å². The minimum atomic E-state index is 0.707. The van der Waals surface area contributed by atoms with E-state index in [-0.39, 0.29) is 0 Å². The molecule has 0 atom stereocenters. The summed E-state index contributed by atoms with van der Waals surface area (Å²) >= 11 is 8.30.